The van der Waals surface area contributed by atoms with Crippen molar-refractivity contribution in [1.29, 1.82) is 0 Å². The predicted octanol–water partition coefficient (Wildman–Crippen LogP) is 2.64. The van der Waals surface area contributed by atoms with Gasteiger partial charge < -0.3 is 4.74 Å². The van der Waals surface area contributed by atoms with Crippen molar-refractivity contribution in [2.45, 2.75) is 18.7 Å². The van der Waals surface area contributed by atoms with Crippen LogP contribution in [0.5, 0.6) is 0 Å². The lowest BCUT2D eigenvalue weighted by molar-refractivity contribution is -0.252. The Morgan fingerprint density at radius 3 is 2.18 bits per heavy atom. The highest BCUT2D eigenvalue weighted by atomic mass is 19.4. The topological polar surface area (TPSA) is 26.3 Å². The first-order chi connectivity index (χ1) is 7.83. The van der Waals surface area contributed by atoms with Gasteiger partial charge in [0, 0.05) is 12.5 Å². The molecule has 0 saturated heterocycles. The van der Waals surface area contributed by atoms with Gasteiger partial charge in [0.1, 0.15) is 0 Å². The minimum absolute atomic E-state index is 0.301. The average Bonchev–Trinajstić information content (AvgIpc) is 2.25. The van der Waals surface area contributed by atoms with Gasteiger partial charge >= 0.3 is 12.1 Å². The van der Waals surface area contributed by atoms with Gasteiger partial charge in [0.15, 0.2) is 0 Å². The van der Waals surface area contributed by atoms with Gasteiger partial charge in [-0.2, -0.15) is 13.2 Å². The molecular weight excluding hydrogens is 233 g/mol. The Morgan fingerprint density at radius 2 is 1.82 bits per heavy atom. The second-order valence-corrected chi connectivity index (χ2v) is 3.28. The summed E-state index contributed by atoms with van der Waals surface area (Å²) in [4.78, 5) is 10.8. The van der Waals surface area contributed by atoms with Crippen LogP contribution in [0, 0.1) is 12.3 Å². The molecule has 0 aliphatic rings. The zero-order chi connectivity index (χ0) is 13.1. The molecule has 1 rings (SSSR count). The fraction of sp³-hybridized carbons (Fsp3) is 0.250. The number of halogens is 3. The van der Waals surface area contributed by atoms with E-state index in [1.807, 2.05) is 0 Å². The van der Waals surface area contributed by atoms with Gasteiger partial charge in [0.25, 0.3) is 5.60 Å². The number of alkyl halides is 3. The molecule has 5 heteroatoms. The van der Waals surface area contributed by atoms with Crippen molar-refractivity contribution in [1.82, 2.24) is 0 Å². The highest BCUT2D eigenvalue weighted by Gasteiger charge is 2.58. The fourth-order valence-corrected chi connectivity index (χ4v) is 1.36. The SMILES string of the molecule is C#C[C@](OC(C)=O)(c1ccccc1)C(F)(F)F. The second kappa shape index (κ2) is 4.50. The van der Waals surface area contributed by atoms with Gasteiger partial charge in [-0.25, -0.2) is 0 Å². The summed E-state index contributed by atoms with van der Waals surface area (Å²) in [7, 11) is 0. The number of benzene rings is 1. The van der Waals surface area contributed by atoms with Crippen LogP contribution in [0.15, 0.2) is 30.3 Å². The van der Waals surface area contributed by atoms with E-state index in [0.29, 0.717) is 0 Å². The first-order valence-electron chi connectivity index (χ1n) is 4.63. The highest BCUT2D eigenvalue weighted by Crippen LogP contribution is 2.41. The van der Waals surface area contributed by atoms with Crippen LogP contribution in [0.25, 0.3) is 0 Å². The molecule has 0 heterocycles. The van der Waals surface area contributed by atoms with E-state index in [0.717, 1.165) is 19.1 Å². The van der Waals surface area contributed by atoms with E-state index in [1.165, 1.54) is 24.1 Å². The number of hydrogen-bond donors (Lipinski definition) is 0. The lowest BCUT2D eigenvalue weighted by atomic mass is 9.93. The van der Waals surface area contributed by atoms with Gasteiger partial charge in [0.2, 0.25) is 0 Å². The molecule has 0 radical (unpaired) electrons. The van der Waals surface area contributed by atoms with Crippen molar-refractivity contribution in [3.05, 3.63) is 35.9 Å². The summed E-state index contributed by atoms with van der Waals surface area (Å²) in [6, 6.07) is 6.63. The summed E-state index contributed by atoms with van der Waals surface area (Å²) < 4.78 is 43.3. The van der Waals surface area contributed by atoms with Crippen molar-refractivity contribution in [3.63, 3.8) is 0 Å². The molecular formula is C12H9F3O2. The Bertz CT molecular complexity index is 445. The summed E-state index contributed by atoms with van der Waals surface area (Å²) in [5.74, 6) is 0.442. The van der Waals surface area contributed by atoms with Crippen LogP contribution < -0.4 is 0 Å². The van der Waals surface area contributed by atoms with Crippen LogP contribution in [0.2, 0.25) is 0 Å². The maximum absolute atomic E-state index is 13.0. The molecule has 1 atom stereocenters. The number of carbonyl (C=O) groups excluding carboxylic acids is 1. The van der Waals surface area contributed by atoms with Crippen molar-refractivity contribution in [3.8, 4) is 12.3 Å². The van der Waals surface area contributed by atoms with Gasteiger partial charge in [-0.05, 0) is 5.92 Å². The smallest absolute Gasteiger partial charge is 0.432 e. The summed E-state index contributed by atoms with van der Waals surface area (Å²) in [5, 5.41) is 0. The van der Waals surface area contributed by atoms with Gasteiger partial charge in [0.05, 0.1) is 0 Å². The monoisotopic (exact) mass is 242 g/mol. The van der Waals surface area contributed by atoms with Crippen LogP contribution in [-0.4, -0.2) is 12.1 Å². The maximum Gasteiger partial charge on any atom is 0.445 e. The minimum Gasteiger partial charge on any atom is -0.432 e. The zero-order valence-electron chi connectivity index (χ0n) is 8.91. The molecule has 0 fully saturated rings. The van der Waals surface area contributed by atoms with Crippen LogP contribution >= 0.6 is 0 Å². The Kier molecular flexibility index (Phi) is 3.47. The van der Waals surface area contributed by atoms with E-state index < -0.39 is 17.7 Å². The van der Waals surface area contributed by atoms with Gasteiger partial charge in [-0.1, -0.05) is 30.3 Å². The quantitative estimate of drug-likeness (QED) is 0.588. The van der Waals surface area contributed by atoms with E-state index in [2.05, 4.69) is 4.74 Å². The van der Waals surface area contributed by atoms with Crippen LogP contribution in [0.4, 0.5) is 13.2 Å². The molecule has 0 bridgehead atoms. The molecule has 0 aliphatic heterocycles. The molecule has 1 aromatic carbocycles. The van der Waals surface area contributed by atoms with Crippen molar-refractivity contribution in [2.24, 2.45) is 0 Å². The van der Waals surface area contributed by atoms with E-state index in [4.69, 9.17) is 6.42 Å². The molecule has 0 aromatic heterocycles. The molecule has 90 valence electrons. The predicted molar refractivity (Wildman–Crippen MR) is 54.8 cm³/mol. The van der Waals surface area contributed by atoms with E-state index in [1.54, 1.807) is 0 Å². The lowest BCUT2D eigenvalue weighted by Gasteiger charge is -2.30. The average molecular weight is 242 g/mol. The summed E-state index contributed by atoms with van der Waals surface area (Å²) >= 11 is 0. The number of rotatable bonds is 2. The van der Waals surface area contributed by atoms with Gasteiger partial charge in [-0.3, -0.25) is 4.79 Å². The summed E-state index contributed by atoms with van der Waals surface area (Å²) in [6.45, 7) is 0.876. The van der Waals surface area contributed by atoms with Crippen LogP contribution in [-0.2, 0) is 15.1 Å². The number of hydrogen-bond acceptors (Lipinski definition) is 2. The van der Waals surface area contributed by atoms with E-state index in [-0.39, 0.29) is 5.56 Å². The van der Waals surface area contributed by atoms with Crippen LogP contribution in [0.1, 0.15) is 12.5 Å². The number of carbonyl (C=O) groups is 1. The molecule has 0 N–H and O–H groups in total. The minimum atomic E-state index is -4.88. The van der Waals surface area contributed by atoms with Crippen molar-refractivity contribution in [2.75, 3.05) is 0 Å². The number of ether oxygens (including phenoxy) is 1. The van der Waals surface area contributed by atoms with Crippen LogP contribution in [0.3, 0.4) is 0 Å². The number of esters is 1. The fourth-order valence-electron chi connectivity index (χ4n) is 1.36. The second-order valence-electron chi connectivity index (χ2n) is 3.28. The molecule has 0 amide bonds. The molecule has 0 unspecified atom stereocenters. The molecule has 1 aromatic rings. The molecule has 17 heavy (non-hydrogen) atoms. The maximum atomic E-state index is 13.0. The highest BCUT2D eigenvalue weighted by molar-refractivity contribution is 5.67. The van der Waals surface area contributed by atoms with E-state index in [9.17, 15) is 18.0 Å². The molecule has 2 nitrogen and oxygen atoms in total. The first-order valence-corrected chi connectivity index (χ1v) is 4.63. The Morgan fingerprint density at radius 1 is 1.29 bits per heavy atom. The van der Waals surface area contributed by atoms with Crippen molar-refractivity contribution >= 4 is 5.97 Å². The Hall–Kier alpha value is -1.96. The normalized spacial score (nSPS) is 14.5. The van der Waals surface area contributed by atoms with Crippen molar-refractivity contribution < 1.29 is 22.7 Å². The zero-order valence-corrected chi connectivity index (χ0v) is 8.91. The first kappa shape index (κ1) is 13.1. The molecule has 0 aliphatic carbocycles. The largest absolute Gasteiger partial charge is 0.445 e. The van der Waals surface area contributed by atoms with E-state index >= 15 is 0 Å². The Labute approximate surface area is 96.4 Å². The standard InChI is InChI=1S/C12H9F3O2/c1-3-11(12(13,14)15,17-9(2)16)10-7-5-4-6-8-10/h1,4-8H,2H3/t11-/m0/s1. The third kappa shape index (κ3) is 2.41. The van der Waals surface area contributed by atoms with Gasteiger partial charge in [-0.15, -0.1) is 6.42 Å². The third-order valence-electron chi connectivity index (χ3n) is 2.08. The molecule has 0 spiro atoms. The molecule has 0 saturated carbocycles. The Balaban J connectivity index is 3.38. The summed E-state index contributed by atoms with van der Waals surface area (Å²) in [5.41, 5.74) is -3.33. The third-order valence-corrected chi connectivity index (χ3v) is 2.08. The lowest BCUT2D eigenvalue weighted by Crippen LogP contribution is -2.44. The number of terminal acetylenes is 1. The summed E-state index contributed by atoms with van der Waals surface area (Å²) in [6.07, 6.45) is 0.0468.